The van der Waals surface area contributed by atoms with Gasteiger partial charge in [-0.3, -0.25) is 9.59 Å². The standard InChI is InChI=1S/C17H28N2O2/c1-13-5-10-18(11-6-13)15(20)17(7-8-17)16(21)19-9-3-4-14(2)12-19/h13-14H,3-12H2,1-2H3. The van der Waals surface area contributed by atoms with Crippen LogP contribution < -0.4 is 0 Å². The first-order valence-corrected chi connectivity index (χ1v) is 8.62. The van der Waals surface area contributed by atoms with Gasteiger partial charge in [-0.25, -0.2) is 0 Å². The van der Waals surface area contributed by atoms with E-state index in [1.165, 1.54) is 6.42 Å². The fourth-order valence-electron chi connectivity index (χ4n) is 3.84. The van der Waals surface area contributed by atoms with Crippen molar-refractivity contribution in [2.24, 2.45) is 17.3 Å². The van der Waals surface area contributed by atoms with E-state index in [1.807, 2.05) is 9.80 Å². The molecule has 2 amide bonds. The molecular formula is C17H28N2O2. The molecule has 0 bridgehead atoms. The van der Waals surface area contributed by atoms with Crippen LogP contribution in [0.2, 0.25) is 0 Å². The molecular weight excluding hydrogens is 264 g/mol. The van der Waals surface area contributed by atoms with E-state index in [4.69, 9.17) is 0 Å². The molecule has 3 rings (SSSR count). The molecule has 1 unspecified atom stereocenters. The molecule has 0 aromatic rings. The second-order valence-corrected chi connectivity index (χ2v) is 7.56. The molecule has 2 aliphatic heterocycles. The summed E-state index contributed by atoms with van der Waals surface area (Å²) in [7, 11) is 0. The summed E-state index contributed by atoms with van der Waals surface area (Å²) in [4.78, 5) is 29.6. The Morgan fingerprint density at radius 3 is 2.05 bits per heavy atom. The molecule has 21 heavy (non-hydrogen) atoms. The van der Waals surface area contributed by atoms with Gasteiger partial charge in [0.15, 0.2) is 0 Å². The van der Waals surface area contributed by atoms with Gasteiger partial charge in [-0.1, -0.05) is 13.8 Å². The highest BCUT2D eigenvalue weighted by Crippen LogP contribution is 2.49. The zero-order valence-electron chi connectivity index (χ0n) is 13.4. The number of amides is 2. The minimum absolute atomic E-state index is 0.123. The minimum atomic E-state index is -0.669. The quantitative estimate of drug-likeness (QED) is 0.733. The summed E-state index contributed by atoms with van der Waals surface area (Å²) in [6.07, 6.45) is 5.98. The number of rotatable bonds is 2. The van der Waals surface area contributed by atoms with Crippen molar-refractivity contribution in [3.63, 3.8) is 0 Å². The molecule has 0 spiro atoms. The molecule has 1 atom stereocenters. The van der Waals surface area contributed by atoms with Crippen molar-refractivity contribution in [3.8, 4) is 0 Å². The molecule has 0 aromatic carbocycles. The maximum Gasteiger partial charge on any atom is 0.238 e. The van der Waals surface area contributed by atoms with Gasteiger partial charge < -0.3 is 9.80 Å². The number of hydrogen-bond donors (Lipinski definition) is 0. The third-order valence-electron chi connectivity index (χ3n) is 5.58. The van der Waals surface area contributed by atoms with Crippen molar-refractivity contribution in [3.05, 3.63) is 0 Å². The van der Waals surface area contributed by atoms with E-state index in [-0.39, 0.29) is 11.8 Å². The molecule has 2 heterocycles. The van der Waals surface area contributed by atoms with Crippen LogP contribution in [0.3, 0.4) is 0 Å². The summed E-state index contributed by atoms with van der Waals surface area (Å²) in [5.41, 5.74) is -0.669. The Morgan fingerprint density at radius 2 is 1.48 bits per heavy atom. The van der Waals surface area contributed by atoms with Gasteiger partial charge in [0.05, 0.1) is 0 Å². The topological polar surface area (TPSA) is 40.6 Å². The van der Waals surface area contributed by atoms with Crippen LogP contribution in [0.15, 0.2) is 0 Å². The first-order chi connectivity index (χ1) is 10.0. The maximum atomic E-state index is 12.9. The third kappa shape index (κ3) is 2.82. The van der Waals surface area contributed by atoms with Gasteiger partial charge in [-0.15, -0.1) is 0 Å². The Morgan fingerprint density at radius 1 is 0.857 bits per heavy atom. The van der Waals surface area contributed by atoms with E-state index in [2.05, 4.69) is 13.8 Å². The fraction of sp³-hybridized carbons (Fsp3) is 0.882. The first-order valence-electron chi connectivity index (χ1n) is 8.62. The summed E-state index contributed by atoms with van der Waals surface area (Å²) < 4.78 is 0. The number of nitrogens with zero attached hydrogens (tertiary/aromatic N) is 2. The van der Waals surface area contributed by atoms with E-state index in [0.717, 1.165) is 58.3 Å². The highest BCUT2D eigenvalue weighted by molar-refractivity contribution is 6.07. The Balaban J connectivity index is 1.66. The second-order valence-electron chi connectivity index (χ2n) is 7.56. The van der Waals surface area contributed by atoms with Crippen molar-refractivity contribution in [1.29, 1.82) is 0 Å². The number of carbonyl (C=O) groups excluding carboxylic acids is 2. The van der Waals surface area contributed by atoms with Crippen LogP contribution in [-0.4, -0.2) is 47.8 Å². The van der Waals surface area contributed by atoms with Crippen molar-refractivity contribution in [2.45, 2.75) is 52.4 Å². The summed E-state index contributed by atoms with van der Waals surface area (Å²) >= 11 is 0. The van der Waals surface area contributed by atoms with Crippen LogP contribution in [0.5, 0.6) is 0 Å². The van der Waals surface area contributed by atoms with E-state index in [9.17, 15) is 9.59 Å². The van der Waals surface area contributed by atoms with Crippen LogP contribution in [0.4, 0.5) is 0 Å². The van der Waals surface area contributed by atoms with Gasteiger partial charge in [0, 0.05) is 26.2 Å². The van der Waals surface area contributed by atoms with Crippen LogP contribution in [0.25, 0.3) is 0 Å². The molecule has 3 fully saturated rings. The highest BCUT2D eigenvalue weighted by atomic mass is 16.2. The van der Waals surface area contributed by atoms with Crippen molar-refractivity contribution in [2.75, 3.05) is 26.2 Å². The molecule has 1 saturated carbocycles. The van der Waals surface area contributed by atoms with Gasteiger partial charge in [0.25, 0.3) is 0 Å². The highest BCUT2D eigenvalue weighted by Gasteiger charge is 2.59. The summed E-state index contributed by atoms with van der Waals surface area (Å²) in [6.45, 7) is 7.80. The second kappa shape index (κ2) is 5.62. The number of carbonyl (C=O) groups is 2. The average Bonchev–Trinajstić information content (AvgIpc) is 3.28. The predicted octanol–water partition coefficient (Wildman–Crippen LogP) is 2.28. The van der Waals surface area contributed by atoms with Gasteiger partial charge >= 0.3 is 0 Å². The lowest BCUT2D eigenvalue weighted by Crippen LogP contribution is -2.50. The zero-order chi connectivity index (χ0) is 15.0. The van der Waals surface area contributed by atoms with Crippen molar-refractivity contribution >= 4 is 11.8 Å². The number of likely N-dealkylation sites (tertiary alicyclic amines) is 2. The Hall–Kier alpha value is -1.06. The zero-order valence-corrected chi connectivity index (χ0v) is 13.4. The SMILES string of the molecule is CC1CCN(C(=O)C2(C(=O)N3CCCC(C)C3)CC2)CC1. The summed E-state index contributed by atoms with van der Waals surface area (Å²) in [5, 5.41) is 0. The van der Waals surface area contributed by atoms with Gasteiger partial charge in [0.1, 0.15) is 5.41 Å². The first kappa shape index (κ1) is 14.9. The van der Waals surface area contributed by atoms with Crippen LogP contribution in [0, 0.1) is 17.3 Å². The molecule has 1 aliphatic carbocycles. The monoisotopic (exact) mass is 292 g/mol. The molecule has 0 aromatic heterocycles. The summed E-state index contributed by atoms with van der Waals surface area (Å²) in [6, 6.07) is 0. The largest absolute Gasteiger partial charge is 0.342 e. The molecule has 118 valence electrons. The number of hydrogen-bond acceptors (Lipinski definition) is 2. The van der Waals surface area contributed by atoms with Crippen molar-refractivity contribution in [1.82, 2.24) is 9.80 Å². The van der Waals surface area contributed by atoms with E-state index in [1.54, 1.807) is 0 Å². The third-order valence-corrected chi connectivity index (χ3v) is 5.58. The Bertz CT molecular complexity index is 423. The van der Waals surface area contributed by atoms with E-state index >= 15 is 0 Å². The van der Waals surface area contributed by atoms with Crippen LogP contribution in [0.1, 0.15) is 52.4 Å². The fourth-order valence-corrected chi connectivity index (χ4v) is 3.84. The van der Waals surface area contributed by atoms with Gasteiger partial charge in [0.2, 0.25) is 11.8 Å². The predicted molar refractivity (Wildman–Crippen MR) is 81.6 cm³/mol. The summed E-state index contributed by atoms with van der Waals surface area (Å²) in [5.74, 6) is 1.53. The number of piperidine rings is 2. The molecule has 2 saturated heterocycles. The van der Waals surface area contributed by atoms with Gasteiger partial charge in [-0.05, 0) is 50.4 Å². The molecule has 4 heteroatoms. The molecule has 3 aliphatic rings. The van der Waals surface area contributed by atoms with Crippen LogP contribution in [-0.2, 0) is 9.59 Å². The smallest absolute Gasteiger partial charge is 0.238 e. The molecule has 0 N–H and O–H groups in total. The average molecular weight is 292 g/mol. The normalized spacial score (nSPS) is 29.3. The van der Waals surface area contributed by atoms with E-state index in [0.29, 0.717) is 11.8 Å². The van der Waals surface area contributed by atoms with Crippen LogP contribution >= 0.6 is 0 Å². The van der Waals surface area contributed by atoms with Crippen molar-refractivity contribution < 1.29 is 9.59 Å². The molecule has 0 radical (unpaired) electrons. The minimum Gasteiger partial charge on any atom is -0.342 e. The van der Waals surface area contributed by atoms with Gasteiger partial charge in [-0.2, -0.15) is 0 Å². The van der Waals surface area contributed by atoms with E-state index < -0.39 is 5.41 Å². The lowest BCUT2D eigenvalue weighted by atomic mass is 9.94. The lowest BCUT2D eigenvalue weighted by molar-refractivity contribution is -0.151. The lowest BCUT2D eigenvalue weighted by Gasteiger charge is -2.36. The maximum absolute atomic E-state index is 12.9. The Labute approximate surface area is 127 Å². The Kier molecular flexibility index (Phi) is 3.98. The molecule has 4 nitrogen and oxygen atoms in total.